The Hall–Kier alpha value is -0.120. The van der Waals surface area contributed by atoms with Crippen molar-refractivity contribution in [1.29, 1.82) is 0 Å². The number of ether oxygens (including phenoxy) is 2. The molecular formula is C12H25NO2. The molecule has 3 heteroatoms. The molecule has 0 aromatic rings. The maximum absolute atomic E-state index is 5.66. The van der Waals surface area contributed by atoms with E-state index in [-0.39, 0.29) is 0 Å². The molecule has 0 aromatic heterocycles. The van der Waals surface area contributed by atoms with Gasteiger partial charge in [-0.2, -0.15) is 0 Å². The maximum Gasteiger partial charge on any atom is 0.0537 e. The Kier molecular flexibility index (Phi) is 5.58. The number of rotatable bonds is 6. The van der Waals surface area contributed by atoms with Gasteiger partial charge in [-0.15, -0.1) is 0 Å². The lowest BCUT2D eigenvalue weighted by Gasteiger charge is -2.42. The summed E-state index contributed by atoms with van der Waals surface area (Å²) in [4.78, 5) is 0. The Morgan fingerprint density at radius 3 is 2.87 bits per heavy atom. The molecule has 3 nitrogen and oxygen atoms in total. The lowest BCUT2D eigenvalue weighted by atomic mass is 9.71. The molecule has 0 aliphatic carbocycles. The van der Waals surface area contributed by atoms with Crippen LogP contribution >= 0.6 is 0 Å². The molecule has 2 unspecified atom stereocenters. The van der Waals surface area contributed by atoms with Gasteiger partial charge in [-0.05, 0) is 32.2 Å². The van der Waals surface area contributed by atoms with Crippen molar-refractivity contribution >= 4 is 0 Å². The fourth-order valence-corrected chi connectivity index (χ4v) is 2.53. The third-order valence-electron chi connectivity index (χ3n) is 3.68. The summed E-state index contributed by atoms with van der Waals surface area (Å²) in [6.45, 7) is 6.07. The van der Waals surface area contributed by atoms with Crippen molar-refractivity contribution in [2.75, 3.05) is 40.5 Å². The van der Waals surface area contributed by atoms with E-state index in [9.17, 15) is 0 Å². The predicted molar refractivity (Wildman–Crippen MR) is 62.1 cm³/mol. The molecule has 0 saturated carbocycles. The molecule has 0 amide bonds. The monoisotopic (exact) mass is 215 g/mol. The predicted octanol–water partition coefficient (Wildman–Crippen LogP) is 1.68. The van der Waals surface area contributed by atoms with E-state index in [1.165, 1.54) is 12.8 Å². The van der Waals surface area contributed by atoms with Gasteiger partial charge < -0.3 is 14.8 Å². The summed E-state index contributed by atoms with van der Waals surface area (Å²) in [5.74, 6) is 0.658. The van der Waals surface area contributed by atoms with Crippen LogP contribution in [0.3, 0.4) is 0 Å². The number of nitrogens with one attached hydrogen (secondary N) is 1. The van der Waals surface area contributed by atoms with Crippen molar-refractivity contribution in [3.63, 3.8) is 0 Å². The number of hydrogen-bond acceptors (Lipinski definition) is 3. The van der Waals surface area contributed by atoms with Crippen molar-refractivity contribution in [1.82, 2.24) is 5.32 Å². The molecule has 1 rings (SSSR count). The van der Waals surface area contributed by atoms with Crippen LogP contribution in [0.25, 0.3) is 0 Å². The summed E-state index contributed by atoms with van der Waals surface area (Å²) in [6.07, 6.45) is 3.60. The second-order valence-corrected chi connectivity index (χ2v) is 4.73. The van der Waals surface area contributed by atoms with E-state index in [0.717, 1.165) is 32.8 Å². The number of methoxy groups -OCH3 is 1. The van der Waals surface area contributed by atoms with Crippen LogP contribution in [0.1, 0.15) is 26.2 Å². The molecule has 0 spiro atoms. The minimum absolute atomic E-state index is 0.325. The first-order chi connectivity index (χ1) is 7.25. The molecule has 1 aliphatic rings. The number of hydrogen-bond donors (Lipinski definition) is 1. The average Bonchev–Trinajstić information content (AvgIpc) is 2.27. The van der Waals surface area contributed by atoms with Crippen LogP contribution in [0.5, 0.6) is 0 Å². The van der Waals surface area contributed by atoms with E-state index in [0.29, 0.717) is 11.3 Å². The largest absolute Gasteiger partial charge is 0.385 e. The van der Waals surface area contributed by atoms with Gasteiger partial charge in [0.25, 0.3) is 0 Å². The van der Waals surface area contributed by atoms with E-state index in [2.05, 4.69) is 12.2 Å². The SMILES string of the molecule is CNCC1(C(C)CCOC)CCCOC1. The van der Waals surface area contributed by atoms with Gasteiger partial charge in [0.1, 0.15) is 0 Å². The Balaban J connectivity index is 2.53. The summed E-state index contributed by atoms with van der Waals surface area (Å²) >= 11 is 0. The smallest absolute Gasteiger partial charge is 0.0537 e. The van der Waals surface area contributed by atoms with Crippen molar-refractivity contribution in [3.05, 3.63) is 0 Å². The minimum Gasteiger partial charge on any atom is -0.385 e. The minimum atomic E-state index is 0.325. The topological polar surface area (TPSA) is 30.5 Å². The van der Waals surface area contributed by atoms with E-state index in [1.54, 1.807) is 7.11 Å². The Morgan fingerprint density at radius 2 is 2.33 bits per heavy atom. The summed E-state index contributed by atoms with van der Waals surface area (Å²) in [6, 6.07) is 0. The zero-order valence-electron chi connectivity index (χ0n) is 10.3. The summed E-state index contributed by atoms with van der Waals surface area (Å²) < 4.78 is 10.8. The van der Waals surface area contributed by atoms with Crippen LogP contribution in [0.15, 0.2) is 0 Å². The quantitative estimate of drug-likeness (QED) is 0.731. The first kappa shape index (κ1) is 12.9. The van der Waals surface area contributed by atoms with Crippen LogP contribution in [-0.4, -0.2) is 40.5 Å². The average molecular weight is 215 g/mol. The fourth-order valence-electron chi connectivity index (χ4n) is 2.53. The lowest BCUT2D eigenvalue weighted by molar-refractivity contribution is -0.0427. The second kappa shape index (κ2) is 6.46. The van der Waals surface area contributed by atoms with Gasteiger partial charge in [0, 0.05) is 32.3 Å². The molecule has 0 aromatic carbocycles. The highest BCUT2D eigenvalue weighted by Crippen LogP contribution is 2.37. The standard InChI is InChI=1S/C12H25NO2/c1-11(5-8-14-3)12(9-13-2)6-4-7-15-10-12/h11,13H,4-10H2,1-3H3. The van der Waals surface area contributed by atoms with Crippen molar-refractivity contribution < 1.29 is 9.47 Å². The van der Waals surface area contributed by atoms with Gasteiger partial charge in [-0.3, -0.25) is 0 Å². The molecule has 1 fully saturated rings. The van der Waals surface area contributed by atoms with Gasteiger partial charge in [-0.25, -0.2) is 0 Å². The Labute approximate surface area is 93.5 Å². The highest BCUT2D eigenvalue weighted by molar-refractivity contribution is 4.88. The van der Waals surface area contributed by atoms with Crippen LogP contribution in [-0.2, 0) is 9.47 Å². The van der Waals surface area contributed by atoms with Crippen LogP contribution in [0.2, 0.25) is 0 Å². The van der Waals surface area contributed by atoms with Crippen molar-refractivity contribution in [2.45, 2.75) is 26.2 Å². The van der Waals surface area contributed by atoms with Crippen LogP contribution < -0.4 is 5.32 Å². The molecule has 2 atom stereocenters. The lowest BCUT2D eigenvalue weighted by Crippen LogP contribution is -2.45. The first-order valence-electron chi connectivity index (χ1n) is 5.96. The second-order valence-electron chi connectivity index (χ2n) is 4.73. The molecule has 15 heavy (non-hydrogen) atoms. The fraction of sp³-hybridized carbons (Fsp3) is 1.00. The zero-order valence-corrected chi connectivity index (χ0v) is 10.3. The Morgan fingerprint density at radius 1 is 1.53 bits per heavy atom. The highest BCUT2D eigenvalue weighted by atomic mass is 16.5. The third-order valence-corrected chi connectivity index (χ3v) is 3.68. The normalized spacial score (nSPS) is 29.0. The van der Waals surface area contributed by atoms with E-state index in [1.807, 2.05) is 7.05 Å². The van der Waals surface area contributed by atoms with Crippen LogP contribution in [0, 0.1) is 11.3 Å². The molecule has 1 aliphatic heterocycles. The summed E-state index contributed by atoms with van der Waals surface area (Å²) in [5, 5.41) is 3.31. The van der Waals surface area contributed by atoms with Gasteiger partial charge in [0.05, 0.1) is 6.61 Å². The highest BCUT2D eigenvalue weighted by Gasteiger charge is 2.37. The summed E-state index contributed by atoms with van der Waals surface area (Å²) in [5.41, 5.74) is 0.325. The van der Waals surface area contributed by atoms with Gasteiger partial charge in [0.2, 0.25) is 0 Å². The molecule has 1 saturated heterocycles. The maximum atomic E-state index is 5.66. The van der Waals surface area contributed by atoms with E-state index in [4.69, 9.17) is 9.47 Å². The van der Waals surface area contributed by atoms with Gasteiger partial charge in [-0.1, -0.05) is 6.92 Å². The molecule has 0 radical (unpaired) electrons. The molecule has 1 N–H and O–H groups in total. The summed E-state index contributed by atoms with van der Waals surface area (Å²) in [7, 11) is 3.80. The molecule has 0 bridgehead atoms. The molecule has 90 valence electrons. The van der Waals surface area contributed by atoms with E-state index >= 15 is 0 Å². The first-order valence-corrected chi connectivity index (χ1v) is 5.96. The van der Waals surface area contributed by atoms with E-state index < -0.39 is 0 Å². The Bertz CT molecular complexity index is 161. The van der Waals surface area contributed by atoms with Crippen molar-refractivity contribution in [2.24, 2.45) is 11.3 Å². The molecule has 1 heterocycles. The third kappa shape index (κ3) is 3.44. The zero-order chi connectivity index (χ0) is 11.1. The van der Waals surface area contributed by atoms with Gasteiger partial charge >= 0.3 is 0 Å². The van der Waals surface area contributed by atoms with Crippen molar-refractivity contribution in [3.8, 4) is 0 Å². The molecular weight excluding hydrogens is 190 g/mol. The van der Waals surface area contributed by atoms with Crippen LogP contribution in [0.4, 0.5) is 0 Å². The van der Waals surface area contributed by atoms with Gasteiger partial charge in [0.15, 0.2) is 0 Å².